The predicted octanol–water partition coefficient (Wildman–Crippen LogP) is 2.21. The van der Waals surface area contributed by atoms with Crippen LogP contribution in [-0.2, 0) is 13.0 Å². The lowest BCUT2D eigenvalue weighted by Crippen LogP contribution is -2.16. The van der Waals surface area contributed by atoms with Gasteiger partial charge in [0.05, 0.1) is 10.5 Å². The van der Waals surface area contributed by atoms with Gasteiger partial charge in [0.2, 0.25) is 0 Å². The van der Waals surface area contributed by atoms with Crippen molar-refractivity contribution in [2.75, 3.05) is 0 Å². The van der Waals surface area contributed by atoms with Crippen molar-refractivity contribution in [1.29, 1.82) is 0 Å². The van der Waals surface area contributed by atoms with Gasteiger partial charge >= 0.3 is 0 Å². The third kappa shape index (κ3) is 0.891. The monoisotopic (exact) mass is 205 g/mol. The Morgan fingerprint density at radius 3 is 3.07 bits per heavy atom. The number of para-hydroxylation sites is 1. The highest BCUT2D eigenvalue weighted by molar-refractivity contribution is 6.35. The van der Waals surface area contributed by atoms with Gasteiger partial charge in [0.1, 0.15) is 0 Å². The second kappa shape index (κ2) is 2.61. The van der Waals surface area contributed by atoms with E-state index in [4.69, 9.17) is 11.6 Å². The Labute approximate surface area is 85.7 Å². The molecule has 2 aromatic rings. The minimum absolute atomic E-state index is 0.00690. The van der Waals surface area contributed by atoms with E-state index in [0.29, 0.717) is 5.02 Å². The maximum absolute atomic E-state index is 11.6. The van der Waals surface area contributed by atoms with Crippen molar-refractivity contribution in [2.24, 2.45) is 0 Å². The van der Waals surface area contributed by atoms with E-state index in [9.17, 15) is 4.79 Å². The van der Waals surface area contributed by atoms with E-state index in [-0.39, 0.29) is 5.56 Å². The molecule has 0 radical (unpaired) electrons. The molecule has 1 aliphatic rings. The number of halogens is 1. The van der Waals surface area contributed by atoms with E-state index in [0.717, 1.165) is 23.9 Å². The zero-order valence-electron chi connectivity index (χ0n) is 7.46. The van der Waals surface area contributed by atoms with Crippen LogP contribution in [0.2, 0.25) is 5.02 Å². The van der Waals surface area contributed by atoms with E-state index in [2.05, 4.69) is 6.07 Å². The first-order valence-corrected chi connectivity index (χ1v) is 4.96. The van der Waals surface area contributed by atoms with Crippen molar-refractivity contribution in [3.8, 4) is 0 Å². The maximum atomic E-state index is 11.6. The molecule has 0 fully saturated rings. The Balaban J connectivity index is 2.65. The van der Waals surface area contributed by atoms with Crippen LogP contribution in [0, 0.1) is 0 Å². The fourth-order valence-corrected chi connectivity index (χ4v) is 2.38. The van der Waals surface area contributed by atoms with Gasteiger partial charge in [0, 0.05) is 18.0 Å². The molecule has 0 saturated heterocycles. The average Bonchev–Trinajstić information content (AvgIpc) is 2.59. The quantitative estimate of drug-likeness (QED) is 0.647. The van der Waals surface area contributed by atoms with E-state index in [1.807, 2.05) is 12.1 Å². The van der Waals surface area contributed by atoms with Gasteiger partial charge in [-0.2, -0.15) is 0 Å². The molecule has 0 N–H and O–H groups in total. The minimum atomic E-state index is 0.00690. The predicted molar refractivity (Wildman–Crippen MR) is 56.9 cm³/mol. The molecule has 0 unspecified atom stereocenters. The Kier molecular flexibility index (Phi) is 1.50. The maximum Gasteiger partial charge on any atom is 0.252 e. The first-order valence-electron chi connectivity index (χ1n) is 4.58. The molecule has 2 heterocycles. The number of hydrogen-bond acceptors (Lipinski definition) is 1. The SMILES string of the molecule is O=c1cc(Cl)c2cccc3c2n1CC3. The fraction of sp³-hybridized carbons (Fsp3) is 0.182. The van der Waals surface area contributed by atoms with Crippen molar-refractivity contribution in [1.82, 2.24) is 4.57 Å². The number of pyridine rings is 1. The summed E-state index contributed by atoms with van der Waals surface area (Å²) in [4.78, 5) is 11.6. The van der Waals surface area contributed by atoms with Crippen molar-refractivity contribution in [3.63, 3.8) is 0 Å². The van der Waals surface area contributed by atoms with E-state index < -0.39 is 0 Å². The third-order valence-corrected chi connectivity index (χ3v) is 3.08. The van der Waals surface area contributed by atoms with Crippen LogP contribution in [0.25, 0.3) is 10.9 Å². The van der Waals surface area contributed by atoms with Crippen LogP contribution in [0.4, 0.5) is 0 Å². The molecule has 3 heteroatoms. The molecule has 14 heavy (non-hydrogen) atoms. The Hall–Kier alpha value is -1.28. The molecule has 3 rings (SSSR count). The van der Waals surface area contributed by atoms with Crippen LogP contribution in [0.3, 0.4) is 0 Å². The number of aromatic nitrogens is 1. The third-order valence-electron chi connectivity index (χ3n) is 2.77. The van der Waals surface area contributed by atoms with E-state index >= 15 is 0 Å². The molecule has 1 aromatic carbocycles. The molecule has 0 amide bonds. The molecule has 0 atom stereocenters. The molecule has 70 valence electrons. The molecule has 2 nitrogen and oxygen atoms in total. The lowest BCUT2D eigenvalue weighted by atomic mass is 10.1. The van der Waals surface area contributed by atoms with E-state index in [1.165, 1.54) is 11.6 Å². The average molecular weight is 206 g/mol. The normalized spacial score (nSPS) is 13.8. The summed E-state index contributed by atoms with van der Waals surface area (Å²) in [6.45, 7) is 0.784. The summed E-state index contributed by atoms with van der Waals surface area (Å²) < 4.78 is 1.80. The summed E-state index contributed by atoms with van der Waals surface area (Å²) in [5.74, 6) is 0. The largest absolute Gasteiger partial charge is 0.308 e. The second-order valence-electron chi connectivity index (χ2n) is 3.55. The topological polar surface area (TPSA) is 22.0 Å². The number of nitrogens with zero attached hydrogens (tertiary/aromatic N) is 1. The molecule has 0 bridgehead atoms. The summed E-state index contributed by atoms with van der Waals surface area (Å²) in [5.41, 5.74) is 2.25. The number of benzene rings is 1. The first-order chi connectivity index (χ1) is 6.77. The van der Waals surface area contributed by atoms with Gasteiger partial charge in [-0.3, -0.25) is 4.79 Å². The van der Waals surface area contributed by atoms with Crippen LogP contribution in [0.15, 0.2) is 29.1 Å². The fourth-order valence-electron chi connectivity index (χ4n) is 2.13. The summed E-state index contributed by atoms with van der Waals surface area (Å²) in [6, 6.07) is 7.51. The molecular weight excluding hydrogens is 198 g/mol. The summed E-state index contributed by atoms with van der Waals surface area (Å²) in [5, 5.41) is 1.55. The Bertz CT molecular complexity index is 586. The number of hydrogen-bond donors (Lipinski definition) is 0. The summed E-state index contributed by atoms with van der Waals surface area (Å²) >= 11 is 6.02. The standard InChI is InChI=1S/C11H8ClNO/c12-9-6-10(14)13-5-4-7-2-1-3-8(9)11(7)13/h1-3,6H,4-5H2. The van der Waals surface area contributed by atoms with Crippen LogP contribution in [-0.4, -0.2) is 4.57 Å². The number of rotatable bonds is 0. The Morgan fingerprint density at radius 1 is 1.36 bits per heavy atom. The zero-order chi connectivity index (χ0) is 9.71. The van der Waals surface area contributed by atoms with Crippen LogP contribution < -0.4 is 5.56 Å². The van der Waals surface area contributed by atoms with Gasteiger partial charge < -0.3 is 4.57 Å². The molecular formula is C11H8ClNO. The van der Waals surface area contributed by atoms with Crippen LogP contribution in [0.5, 0.6) is 0 Å². The van der Waals surface area contributed by atoms with Gasteiger partial charge in [0.15, 0.2) is 0 Å². The van der Waals surface area contributed by atoms with Crippen molar-refractivity contribution < 1.29 is 0 Å². The summed E-state index contributed by atoms with van der Waals surface area (Å²) in [6.07, 6.45) is 0.937. The first kappa shape index (κ1) is 8.06. The highest BCUT2D eigenvalue weighted by Gasteiger charge is 2.16. The van der Waals surface area contributed by atoms with E-state index in [1.54, 1.807) is 4.57 Å². The zero-order valence-corrected chi connectivity index (χ0v) is 8.21. The molecule has 0 saturated carbocycles. The van der Waals surface area contributed by atoms with Crippen molar-refractivity contribution in [3.05, 3.63) is 45.2 Å². The highest BCUT2D eigenvalue weighted by Crippen LogP contribution is 2.28. The van der Waals surface area contributed by atoms with Gasteiger partial charge in [-0.15, -0.1) is 0 Å². The second-order valence-corrected chi connectivity index (χ2v) is 3.95. The molecule has 1 aromatic heterocycles. The van der Waals surface area contributed by atoms with Gasteiger partial charge in [-0.1, -0.05) is 29.8 Å². The number of aryl methyl sites for hydroxylation is 2. The molecule has 0 aliphatic carbocycles. The smallest absolute Gasteiger partial charge is 0.252 e. The Morgan fingerprint density at radius 2 is 2.21 bits per heavy atom. The lowest BCUT2D eigenvalue weighted by Gasteiger charge is -2.04. The minimum Gasteiger partial charge on any atom is -0.308 e. The van der Waals surface area contributed by atoms with Gasteiger partial charge in [0.25, 0.3) is 5.56 Å². The van der Waals surface area contributed by atoms with Gasteiger partial charge in [-0.05, 0) is 12.0 Å². The van der Waals surface area contributed by atoms with Crippen LogP contribution >= 0.6 is 11.6 Å². The van der Waals surface area contributed by atoms with Crippen molar-refractivity contribution >= 4 is 22.5 Å². The highest BCUT2D eigenvalue weighted by atomic mass is 35.5. The molecule has 0 spiro atoms. The summed E-state index contributed by atoms with van der Waals surface area (Å²) in [7, 11) is 0. The lowest BCUT2D eigenvalue weighted by molar-refractivity contribution is 0.742. The van der Waals surface area contributed by atoms with Gasteiger partial charge in [-0.25, -0.2) is 0 Å². The van der Waals surface area contributed by atoms with Crippen LogP contribution in [0.1, 0.15) is 5.56 Å². The van der Waals surface area contributed by atoms with Crippen molar-refractivity contribution in [2.45, 2.75) is 13.0 Å². The molecule has 1 aliphatic heterocycles.